The molecule has 22 heavy (non-hydrogen) atoms. The fourth-order valence-electron chi connectivity index (χ4n) is 2.24. The van der Waals surface area contributed by atoms with Gasteiger partial charge in [0.15, 0.2) is 0 Å². The smallest absolute Gasteiger partial charge is 0.139 e. The predicted octanol–water partition coefficient (Wildman–Crippen LogP) is 4.06. The maximum absolute atomic E-state index is 10.6. The molecule has 3 aromatic carbocycles. The number of hydrogen-bond acceptors (Lipinski definition) is 4. The number of fused-ring (bicyclic) bond motifs is 1. The van der Waals surface area contributed by atoms with E-state index in [1.54, 1.807) is 12.1 Å². The molecule has 5 heteroatoms. The van der Waals surface area contributed by atoms with Gasteiger partial charge in [-0.1, -0.05) is 29.8 Å². The molecule has 3 rings (SSSR count). The average Bonchev–Trinajstić information content (AvgIpc) is 2.49. The molecule has 0 saturated carbocycles. The first-order chi connectivity index (χ1) is 10.6. The molecule has 0 aliphatic heterocycles. The standard InChI is InChI=1S/C17H15NO3S/c1-12-2-6-15(7-3-12)18-16-8-4-14-11-17(21-22(19)20)9-5-13(14)10-16/h2-11,18H,1H3,(H,19,20)/p-1. The molecular formula is C17H14NO3S-. The lowest BCUT2D eigenvalue weighted by atomic mass is 10.1. The van der Waals surface area contributed by atoms with Crippen LogP contribution in [0.3, 0.4) is 0 Å². The molecule has 0 saturated heterocycles. The Balaban J connectivity index is 1.86. The van der Waals surface area contributed by atoms with Crippen LogP contribution in [0.4, 0.5) is 11.4 Å². The van der Waals surface area contributed by atoms with Crippen LogP contribution in [0.2, 0.25) is 0 Å². The van der Waals surface area contributed by atoms with Gasteiger partial charge in [0.25, 0.3) is 0 Å². The van der Waals surface area contributed by atoms with Crippen molar-refractivity contribution in [2.24, 2.45) is 0 Å². The van der Waals surface area contributed by atoms with Gasteiger partial charge in [0.05, 0.1) is 0 Å². The van der Waals surface area contributed by atoms with Gasteiger partial charge >= 0.3 is 0 Å². The summed E-state index contributed by atoms with van der Waals surface area (Å²) in [5.41, 5.74) is 3.21. The van der Waals surface area contributed by atoms with E-state index in [2.05, 4.69) is 21.6 Å². The van der Waals surface area contributed by atoms with Gasteiger partial charge in [-0.25, -0.2) is 4.21 Å². The van der Waals surface area contributed by atoms with E-state index in [1.165, 1.54) is 5.56 Å². The maximum atomic E-state index is 10.6. The van der Waals surface area contributed by atoms with E-state index >= 15 is 0 Å². The van der Waals surface area contributed by atoms with Crippen molar-refractivity contribution in [3.05, 3.63) is 66.2 Å². The number of benzene rings is 3. The fraction of sp³-hybridized carbons (Fsp3) is 0.0588. The minimum Gasteiger partial charge on any atom is -0.740 e. The van der Waals surface area contributed by atoms with E-state index in [-0.39, 0.29) is 0 Å². The summed E-state index contributed by atoms with van der Waals surface area (Å²) < 4.78 is 25.8. The fourth-order valence-corrected chi connectivity index (χ4v) is 2.50. The SMILES string of the molecule is Cc1ccc(Nc2ccc3cc(OS(=O)[O-])ccc3c2)cc1. The molecule has 1 unspecified atom stereocenters. The maximum Gasteiger partial charge on any atom is 0.139 e. The Labute approximate surface area is 131 Å². The molecule has 0 bridgehead atoms. The zero-order valence-electron chi connectivity index (χ0n) is 11.9. The number of nitrogens with one attached hydrogen (secondary N) is 1. The minimum atomic E-state index is -2.55. The summed E-state index contributed by atoms with van der Waals surface area (Å²) >= 11 is -2.55. The second-order valence-corrected chi connectivity index (χ2v) is 5.58. The van der Waals surface area contributed by atoms with Crippen LogP contribution in [0.5, 0.6) is 5.75 Å². The number of anilines is 2. The zero-order valence-corrected chi connectivity index (χ0v) is 12.7. The molecule has 0 spiro atoms. The van der Waals surface area contributed by atoms with Crippen molar-refractivity contribution in [2.75, 3.05) is 5.32 Å². The van der Waals surface area contributed by atoms with Crippen molar-refractivity contribution in [1.29, 1.82) is 0 Å². The highest BCUT2D eigenvalue weighted by Crippen LogP contribution is 2.26. The van der Waals surface area contributed by atoms with Gasteiger partial charge in [0, 0.05) is 11.4 Å². The molecule has 0 aliphatic carbocycles. The lowest BCUT2D eigenvalue weighted by Gasteiger charge is -2.10. The molecule has 0 aliphatic rings. The molecule has 1 N–H and O–H groups in total. The van der Waals surface area contributed by atoms with Crippen LogP contribution in [0.1, 0.15) is 5.56 Å². The first-order valence-corrected chi connectivity index (χ1v) is 7.75. The summed E-state index contributed by atoms with van der Waals surface area (Å²) in [5, 5.41) is 5.26. The van der Waals surface area contributed by atoms with E-state index in [9.17, 15) is 8.76 Å². The first-order valence-electron chi connectivity index (χ1n) is 6.75. The van der Waals surface area contributed by atoms with Gasteiger partial charge in [-0.2, -0.15) is 0 Å². The van der Waals surface area contributed by atoms with Gasteiger partial charge < -0.3 is 14.1 Å². The van der Waals surface area contributed by atoms with Crippen molar-refractivity contribution in [3.8, 4) is 5.75 Å². The molecule has 3 aromatic rings. The molecule has 0 radical (unpaired) electrons. The normalized spacial score (nSPS) is 12.1. The van der Waals surface area contributed by atoms with Gasteiger partial charge in [-0.05, 0) is 54.1 Å². The van der Waals surface area contributed by atoms with Crippen LogP contribution in [-0.2, 0) is 11.4 Å². The Morgan fingerprint density at radius 1 is 0.909 bits per heavy atom. The third-order valence-corrected chi connectivity index (χ3v) is 3.64. The van der Waals surface area contributed by atoms with Crippen LogP contribution >= 0.6 is 0 Å². The van der Waals surface area contributed by atoms with Crippen LogP contribution in [-0.4, -0.2) is 8.76 Å². The lowest BCUT2D eigenvalue weighted by Crippen LogP contribution is -1.97. The highest BCUT2D eigenvalue weighted by atomic mass is 32.2. The molecule has 4 nitrogen and oxygen atoms in total. The number of rotatable bonds is 4. The van der Waals surface area contributed by atoms with Crippen molar-refractivity contribution < 1.29 is 12.9 Å². The summed E-state index contributed by atoms with van der Waals surface area (Å²) in [6.07, 6.45) is 0. The van der Waals surface area contributed by atoms with E-state index < -0.39 is 11.4 Å². The second kappa shape index (κ2) is 6.17. The minimum absolute atomic E-state index is 0.306. The first kappa shape index (κ1) is 14.6. The highest BCUT2D eigenvalue weighted by Gasteiger charge is 2.01. The monoisotopic (exact) mass is 312 g/mol. The van der Waals surface area contributed by atoms with Crippen molar-refractivity contribution in [3.63, 3.8) is 0 Å². The predicted molar refractivity (Wildman–Crippen MR) is 88.0 cm³/mol. The van der Waals surface area contributed by atoms with Gasteiger partial charge in [0.1, 0.15) is 17.1 Å². The summed E-state index contributed by atoms with van der Waals surface area (Å²) in [4.78, 5) is 0. The molecule has 0 heterocycles. The quantitative estimate of drug-likeness (QED) is 0.738. The van der Waals surface area contributed by atoms with Crippen LogP contribution in [0.25, 0.3) is 10.8 Å². The molecular weight excluding hydrogens is 298 g/mol. The van der Waals surface area contributed by atoms with Crippen molar-refractivity contribution in [1.82, 2.24) is 0 Å². The number of hydrogen-bond donors (Lipinski definition) is 1. The summed E-state index contributed by atoms with van der Waals surface area (Å²) in [6.45, 7) is 2.05. The van der Waals surface area contributed by atoms with E-state index in [4.69, 9.17) is 0 Å². The highest BCUT2D eigenvalue weighted by molar-refractivity contribution is 7.74. The Morgan fingerprint density at radius 3 is 2.27 bits per heavy atom. The Hall–Kier alpha value is -2.37. The largest absolute Gasteiger partial charge is 0.740 e. The lowest BCUT2D eigenvalue weighted by molar-refractivity contribution is 0.440. The summed E-state index contributed by atoms with van der Waals surface area (Å²) in [5.74, 6) is 0.306. The van der Waals surface area contributed by atoms with Crippen LogP contribution in [0.15, 0.2) is 60.7 Å². The Morgan fingerprint density at radius 2 is 1.55 bits per heavy atom. The molecule has 0 fully saturated rings. The summed E-state index contributed by atoms with van der Waals surface area (Å²) in [7, 11) is 0. The molecule has 1 atom stereocenters. The van der Waals surface area contributed by atoms with Gasteiger partial charge in [0.2, 0.25) is 0 Å². The summed E-state index contributed by atoms with van der Waals surface area (Å²) in [6, 6.07) is 19.2. The Kier molecular flexibility index (Phi) is 4.09. The third kappa shape index (κ3) is 3.44. The van der Waals surface area contributed by atoms with E-state index in [0.29, 0.717) is 5.75 Å². The van der Waals surface area contributed by atoms with Crippen molar-refractivity contribution >= 4 is 33.5 Å². The third-order valence-electron chi connectivity index (χ3n) is 3.32. The van der Waals surface area contributed by atoms with Crippen molar-refractivity contribution in [2.45, 2.75) is 6.92 Å². The average molecular weight is 312 g/mol. The molecule has 112 valence electrons. The van der Waals surface area contributed by atoms with Gasteiger partial charge in [-0.15, -0.1) is 0 Å². The molecule has 0 amide bonds. The van der Waals surface area contributed by atoms with E-state index in [0.717, 1.165) is 22.1 Å². The van der Waals surface area contributed by atoms with Crippen LogP contribution < -0.4 is 9.50 Å². The number of aryl methyl sites for hydroxylation is 1. The van der Waals surface area contributed by atoms with Crippen LogP contribution in [0, 0.1) is 6.92 Å². The topological polar surface area (TPSA) is 61.4 Å². The Bertz CT molecular complexity index is 831. The van der Waals surface area contributed by atoms with E-state index in [1.807, 2.05) is 43.3 Å². The zero-order chi connectivity index (χ0) is 15.5. The molecule has 0 aromatic heterocycles. The second-order valence-electron chi connectivity index (χ2n) is 5.00. The van der Waals surface area contributed by atoms with Gasteiger partial charge in [-0.3, -0.25) is 0 Å².